The van der Waals surface area contributed by atoms with Crippen molar-refractivity contribution in [2.24, 2.45) is 0 Å². The number of para-hydroxylation sites is 1. The molecule has 0 saturated carbocycles. The largest absolute Gasteiger partial charge is 0.339 e. The maximum Gasteiger partial charge on any atom is 0.175 e. The second-order valence-electron chi connectivity index (χ2n) is 3.87. The summed E-state index contributed by atoms with van der Waals surface area (Å²) in [6.45, 7) is 4.88. The molecular weight excluding hydrogens is 269 g/mol. The van der Waals surface area contributed by atoms with Gasteiger partial charge in [-0.25, -0.2) is 0 Å². The lowest BCUT2D eigenvalue weighted by Gasteiger charge is -2.25. The second-order valence-corrected chi connectivity index (χ2v) is 4.62. The van der Waals surface area contributed by atoms with Gasteiger partial charge >= 0.3 is 0 Å². The average Bonchev–Trinajstić information content (AvgIpc) is 2.36. The van der Waals surface area contributed by atoms with Crippen LogP contribution in [0.15, 0.2) is 30.3 Å². The minimum Gasteiger partial charge on any atom is -0.339 e. The standard InChI is InChI=1S/C13H13Cl2N3/c1-3-18(10-7-5-4-6-9(10)2)11-8-12(14)16-17-13(11)15/h4-8H,3H2,1-2H3. The van der Waals surface area contributed by atoms with Crippen molar-refractivity contribution in [1.82, 2.24) is 10.2 Å². The first-order chi connectivity index (χ1) is 8.63. The number of hydrogen-bond donors (Lipinski definition) is 0. The summed E-state index contributed by atoms with van der Waals surface area (Å²) in [5.41, 5.74) is 3.03. The number of hydrogen-bond acceptors (Lipinski definition) is 3. The Bertz CT molecular complexity index is 558. The first kappa shape index (κ1) is 13.1. The van der Waals surface area contributed by atoms with E-state index in [2.05, 4.69) is 35.0 Å². The van der Waals surface area contributed by atoms with Gasteiger partial charge in [0.25, 0.3) is 0 Å². The Morgan fingerprint density at radius 1 is 1.11 bits per heavy atom. The minimum absolute atomic E-state index is 0.335. The molecule has 0 fully saturated rings. The highest BCUT2D eigenvalue weighted by Crippen LogP contribution is 2.32. The number of rotatable bonds is 3. The number of nitrogens with zero attached hydrogens (tertiary/aromatic N) is 3. The van der Waals surface area contributed by atoms with Gasteiger partial charge in [0.1, 0.15) is 0 Å². The molecule has 3 nitrogen and oxygen atoms in total. The van der Waals surface area contributed by atoms with E-state index in [-0.39, 0.29) is 0 Å². The fourth-order valence-corrected chi connectivity index (χ4v) is 2.21. The topological polar surface area (TPSA) is 29.0 Å². The van der Waals surface area contributed by atoms with E-state index in [4.69, 9.17) is 23.2 Å². The highest BCUT2D eigenvalue weighted by atomic mass is 35.5. The molecular formula is C13H13Cl2N3. The zero-order valence-corrected chi connectivity index (χ0v) is 11.7. The van der Waals surface area contributed by atoms with Crippen LogP contribution in [-0.2, 0) is 0 Å². The van der Waals surface area contributed by atoms with Crippen molar-refractivity contribution in [2.45, 2.75) is 13.8 Å². The summed E-state index contributed by atoms with van der Waals surface area (Å²) in [7, 11) is 0. The summed E-state index contributed by atoms with van der Waals surface area (Å²) in [6, 6.07) is 9.83. The molecule has 1 aromatic carbocycles. The SMILES string of the molecule is CCN(c1ccccc1C)c1cc(Cl)nnc1Cl. The second kappa shape index (κ2) is 5.55. The average molecular weight is 282 g/mol. The third-order valence-corrected chi connectivity index (χ3v) is 3.17. The van der Waals surface area contributed by atoms with E-state index in [1.165, 1.54) is 5.56 Å². The van der Waals surface area contributed by atoms with E-state index in [1.54, 1.807) is 6.07 Å². The van der Waals surface area contributed by atoms with Crippen LogP contribution in [0.3, 0.4) is 0 Å². The van der Waals surface area contributed by atoms with Crippen molar-refractivity contribution in [3.05, 3.63) is 46.2 Å². The summed E-state index contributed by atoms with van der Waals surface area (Å²) >= 11 is 12.0. The molecule has 1 aromatic heterocycles. The molecule has 0 aliphatic carbocycles. The van der Waals surface area contributed by atoms with Crippen LogP contribution in [0.1, 0.15) is 12.5 Å². The molecule has 0 aliphatic heterocycles. The molecule has 0 aliphatic rings. The molecule has 2 rings (SSSR count). The van der Waals surface area contributed by atoms with Gasteiger partial charge in [0, 0.05) is 18.3 Å². The van der Waals surface area contributed by atoms with Crippen LogP contribution in [0.2, 0.25) is 10.3 Å². The van der Waals surface area contributed by atoms with Crippen LogP contribution in [0.5, 0.6) is 0 Å². The van der Waals surface area contributed by atoms with Crippen LogP contribution in [0, 0.1) is 6.92 Å². The predicted molar refractivity (Wildman–Crippen MR) is 75.9 cm³/mol. The molecule has 0 atom stereocenters. The van der Waals surface area contributed by atoms with Gasteiger partial charge in [0.05, 0.1) is 5.69 Å². The molecule has 0 spiro atoms. The van der Waals surface area contributed by atoms with Crippen LogP contribution in [-0.4, -0.2) is 16.7 Å². The van der Waals surface area contributed by atoms with E-state index in [9.17, 15) is 0 Å². The molecule has 0 N–H and O–H groups in total. The monoisotopic (exact) mass is 281 g/mol. The zero-order chi connectivity index (χ0) is 13.1. The normalized spacial score (nSPS) is 10.4. The zero-order valence-electron chi connectivity index (χ0n) is 10.2. The van der Waals surface area contributed by atoms with E-state index < -0.39 is 0 Å². The third-order valence-electron chi connectivity index (χ3n) is 2.71. The lowest BCUT2D eigenvalue weighted by molar-refractivity contribution is 0.970. The summed E-state index contributed by atoms with van der Waals surface area (Å²) < 4.78 is 0. The Balaban J connectivity index is 2.52. The summed E-state index contributed by atoms with van der Waals surface area (Å²) in [5.74, 6) is 0. The highest BCUT2D eigenvalue weighted by Gasteiger charge is 2.14. The molecule has 0 unspecified atom stereocenters. The molecule has 94 valence electrons. The van der Waals surface area contributed by atoms with Gasteiger partial charge < -0.3 is 4.90 Å². The first-order valence-electron chi connectivity index (χ1n) is 5.65. The maximum atomic E-state index is 6.10. The molecule has 1 heterocycles. The Kier molecular flexibility index (Phi) is 4.04. The number of benzene rings is 1. The van der Waals surface area contributed by atoms with Crippen molar-refractivity contribution in [2.75, 3.05) is 11.4 Å². The molecule has 5 heteroatoms. The van der Waals surface area contributed by atoms with Crippen LogP contribution in [0.25, 0.3) is 0 Å². The lowest BCUT2D eigenvalue weighted by Crippen LogP contribution is -2.18. The van der Waals surface area contributed by atoms with Crippen LogP contribution < -0.4 is 4.90 Å². The Hall–Kier alpha value is -1.32. The van der Waals surface area contributed by atoms with Crippen molar-refractivity contribution in [3.63, 3.8) is 0 Å². The lowest BCUT2D eigenvalue weighted by atomic mass is 10.1. The van der Waals surface area contributed by atoms with E-state index in [1.807, 2.05) is 18.2 Å². The minimum atomic E-state index is 0.335. The summed E-state index contributed by atoms with van der Waals surface area (Å²) in [4.78, 5) is 2.07. The van der Waals surface area contributed by atoms with Crippen LogP contribution >= 0.6 is 23.2 Å². The Morgan fingerprint density at radius 3 is 2.50 bits per heavy atom. The molecule has 0 bridgehead atoms. The van der Waals surface area contributed by atoms with E-state index in [0.717, 1.165) is 17.9 Å². The van der Waals surface area contributed by atoms with Gasteiger partial charge in [-0.3, -0.25) is 0 Å². The van der Waals surface area contributed by atoms with Gasteiger partial charge in [-0.05, 0) is 25.5 Å². The molecule has 0 saturated heterocycles. The number of aryl methyl sites for hydroxylation is 1. The first-order valence-corrected chi connectivity index (χ1v) is 6.41. The van der Waals surface area contributed by atoms with Crippen molar-refractivity contribution < 1.29 is 0 Å². The molecule has 0 radical (unpaired) electrons. The van der Waals surface area contributed by atoms with Gasteiger partial charge in [0.2, 0.25) is 0 Å². The predicted octanol–water partition coefficient (Wildman–Crippen LogP) is 4.25. The van der Waals surface area contributed by atoms with Gasteiger partial charge in [-0.1, -0.05) is 41.4 Å². The molecule has 18 heavy (non-hydrogen) atoms. The maximum absolute atomic E-state index is 6.10. The van der Waals surface area contributed by atoms with E-state index >= 15 is 0 Å². The van der Waals surface area contributed by atoms with Gasteiger partial charge in [-0.15, -0.1) is 10.2 Å². The summed E-state index contributed by atoms with van der Waals surface area (Å²) in [5, 5.41) is 8.26. The Morgan fingerprint density at radius 2 is 1.83 bits per heavy atom. The van der Waals surface area contributed by atoms with Crippen LogP contribution in [0.4, 0.5) is 11.4 Å². The quantitative estimate of drug-likeness (QED) is 0.842. The van der Waals surface area contributed by atoms with Gasteiger partial charge in [-0.2, -0.15) is 0 Å². The summed E-state index contributed by atoms with van der Waals surface area (Å²) in [6.07, 6.45) is 0. The molecule has 0 amide bonds. The Labute approximate surface area is 116 Å². The smallest absolute Gasteiger partial charge is 0.175 e. The van der Waals surface area contributed by atoms with Gasteiger partial charge in [0.15, 0.2) is 10.3 Å². The highest BCUT2D eigenvalue weighted by molar-refractivity contribution is 6.33. The molecule has 2 aromatic rings. The fourth-order valence-electron chi connectivity index (χ4n) is 1.87. The number of aromatic nitrogens is 2. The fraction of sp³-hybridized carbons (Fsp3) is 0.231. The van der Waals surface area contributed by atoms with Crippen molar-refractivity contribution >= 4 is 34.6 Å². The number of anilines is 2. The van der Waals surface area contributed by atoms with Crippen molar-refractivity contribution in [3.8, 4) is 0 Å². The number of halogens is 2. The van der Waals surface area contributed by atoms with Crippen molar-refractivity contribution in [1.29, 1.82) is 0 Å². The van der Waals surface area contributed by atoms with E-state index in [0.29, 0.717) is 10.3 Å². The third kappa shape index (κ3) is 2.57.